The Hall–Kier alpha value is -2.49. The second kappa shape index (κ2) is 6.10. The third kappa shape index (κ3) is 3.09. The molecule has 104 valence electrons. The predicted octanol–water partition coefficient (Wildman–Crippen LogP) is 2.94. The van der Waals surface area contributed by atoms with Crippen molar-refractivity contribution in [3.8, 4) is 5.75 Å². The molecule has 2 aromatic carbocycles. The maximum absolute atomic E-state index is 11.9. The summed E-state index contributed by atoms with van der Waals surface area (Å²) < 4.78 is 10.5. The Balaban J connectivity index is 2.04. The van der Waals surface area contributed by atoms with Gasteiger partial charge in [0.15, 0.2) is 0 Å². The normalized spacial score (nSPS) is 10.1. The van der Waals surface area contributed by atoms with Crippen LogP contribution >= 0.6 is 0 Å². The molecule has 0 radical (unpaired) electrons. The van der Waals surface area contributed by atoms with Gasteiger partial charge in [-0.25, -0.2) is 4.79 Å². The average molecular weight is 271 g/mol. The number of rotatable bonds is 4. The summed E-state index contributed by atoms with van der Waals surface area (Å²) in [6.07, 6.45) is 0. The summed E-state index contributed by atoms with van der Waals surface area (Å²) in [5.41, 5.74) is 8.45. The molecule has 0 aliphatic rings. The number of nitrogen functional groups attached to an aromatic ring is 1. The van der Waals surface area contributed by atoms with Crippen molar-refractivity contribution in [1.82, 2.24) is 0 Å². The molecule has 0 amide bonds. The number of ether oxygens (including phenoxy) is 2. The molecule has 0 atom stereocenters. The van der Waals surface area contributed by atoms with Gasteiger partial charge in [-0.2, -0.15) is 0 Å². The van der Waals surface area contributed by atoms with E-state index in [1.54, 1.807) is 31.4 Å². The summed E-state index contributed by atoms with van der Waals surface area (Å²) in [6.45, 7) is 2.15. The number of anilines is 1. The van der Waals surface area contributed by atoms with Gasteiger partial charge in [-0.3, -0.25) is 0 Å². The fraction of sp³-hybridized carbons (Fsp3) is 0.188. The van der Waals surface area contributed by atoms with E-state index in [0.717, 1.165) is 16.9 Å². The van der Waals surface area contributed by atoms with Crippen LogP contribution in [0.15, 0.2) is 42.5 Å². The zero-order chi connectivity index (χ0) is 14.5. The minimum atomic E-state index is -0.420. The monoisotopic (exact) mass is 271 g/mol. The van der Waals surface area contributed by atoms with E-state index in [9.17, 15) is 4.79 Å². The summed E-state index contributed by atoms with van der Waals surface area (Å²) in [5, 5.41) is 0. The minimum absolute atomic E-state index is 0.206. The molecule has 2 N–H and O–H groups in total. The summed E-state index contributed by atoms with van der Waals surface area (Å²) in [7, 11) is 1.63. The molecule has 2 aromatic rings. The number of nitrogens with two attached hydrogens (primary N) is 1. The van der Waals surface area contributed by atoms with Crippen LogP contribution in [0.4, 0.5) is 5.69 Å². The lowest BCUT2D eigenvalue weighted by Crippen LogP contribution is -2.08. The fourth-order valence-electron chi connectivity index (χ4n) is 1.94. The average Bonchev–Trinajstić information content (AvgIpc) is 2.45. The van der Waals surface area contributed by atoms with E-state index in [-0.39, 0.29) is 6.61 Å². The number of aryl methyl sites for hydroxylation is 1. The molecule has 0 spiro atoms. The Morgan fingerprint density at radius 1 is 1.20 bits per heavy atom. The Morgan fingerprint density at radius 2 is 1.95 bits per heavy atom. The predicted molar refractivity (Wildman–Crippen MR) is 77.7 cm³/mol. The maximum Gasteiger partial charge on any atom is 0.340 e. The molecule has 2 rings (SSSR count). The zero-order valence-corrected chi connectivity index (χ0v) is 11.6. The second-order valence-corrected chi connectivity index (χ2v) is 4.47. The van der Waals surface area contributed by atoms with Gasteiger partial charge in [0, 0.05) is 5.69 Å². The van der Waals surface area contributed by atoms with E-state index in [1.807, 2.05) is 25.1 Å². The molecule has 0 unspecified atom stereocenters. The number of hydrogen-bond donors (Lipinski definition) is 1. The van der Waals surface area contributed by atoms with Gasteiger partial charge < -0.3 is 15.2 Å². The van der Waals surface area contributed by atoms with Gasteiger partial charge in [-0.1, -0.05) is 18.2 Å². The van der Waals surface area contributed by atoms with E-state index < -0.39 is 5.97 Å². The van der Waals surface area contributed by atoms with Crippen molar-refractivity contribution >= 4 is 11.7 Å². The number of methoxy groups -OCH3 is 1. The smallest absolute Gasteiger partial charge is 0.340 e. The van der Waals surface area contributed by atoms with Crippen LogP contribution in [0.2, 0.25) is 0 Å². The van der Waals surface area contributed by atoms with E-state index in [4.69, 9.17) is 15.2 Å². The molecule has 0 bridgehead atoms. The number of hydrogen-bond acceptors (Lipinski definition) is 4. The van der Waals surface area contributed by atoms with Crippen LogP contribution in [0.1, 0.15) is 21.5 Å². The molecule has 0 saturated carbocycles. The summed E-state index contributed by atoms with van der Waals surface area (Å²) in [4.78, 5) is 11.9. The van der Waals surface area contributed by atoms with E-state index in [1.165, 1.54) is 0 Å². The van der Waals surface area contributed by atoms with Gasteiger partial charge in [0.2, 0.25) is 0 Å². The fourth-order valence-corrected chi connectivity index (χ4v) is 1.94. The highest BCUT2D eigenvalue weighted by atomic mass is 16.5. The molecule has 0 saturated heterocycles. The Kier molecular flexibility index (Phi) is 4.25. The standard InChI is InChI=1S/C16H17NO3/c1-11-9-12(7-8-15(11)19-2)10-20-16(18)13-5-3-4-6-14(13)17/h3-9H,10,17H2,1-2H3. The van der Waals surface area contributed by atoms with Crippen LogP contribution in [-0.4, -0.2) is 13.1 Å². The van der Waals surface area contributed by atoms with Crippen LogP contribution in [0.3, 0.4) is 0 Å². The highest BCUT2D eigenvalue weighted by Gasteiger charge is 2.10. The molecular formula is C16H17NO3. The van der Waals surface area contributed by atoms with Gasteiger partial charge >= 0.3 is 5.97 Å². The molecular weight excluding hydrogens is 254 g/mol. The molecule has 0 aliphatic carbocycles. The highest BCUT2D eigenvalue weighted by molar-refractivity contribution is 5.94. The van der Waals surface area contributed by atoms with E-state index in [0.29, 0.717) is 11.3 Å². The van der Waals surface area contributed by atoms with Crippen LogP contribution < -0.4 is 10.5 Å². The summed E-state index contributed by atoms with van der Waals surface area (Å²) >= 11 is 0. The van der Waals surface area contributed by atoms with Crippen molar-refractivity contribution in [2.75, 3.05) is 12.8 Å². The molecule has 20 heavy (non-hydrogen) atoms. The summed E-state index contributed by atoms with van der Waals surface area (Å²) in [6, 6.07) is 12.5. The number of benzene rings is 2. The van der Waals surface area contributed by atoms with Crippen molar-refractivity contribution in [1.29, 1.82) is 0 Å². The van der Waals surface area contributed by atoms with E-state index >= 15 is 0 Å². The lowest BCUT2D eigenvalue weighted by atomic mass is 10.1. The van der Waals surface area contributed by atoms with Crippen LogP contribution in [0.25, 0.3) is 0 Å². The Labute approximate surface area is 118 Å². The second-order valence-electron chi connectivity index (χ2n) is 4.47. The third-order valence-corrected chi connectivity index (χ3v) is 3.01. The lowest BCUT2D eigenvalue weighted by Gasteiger charge is -2.09. The molecule has 0 heterocycles. The van der Waals surface area contributed by atoms with Gasteiger partial charge in [-0.05, 0) is 42.3 Å². The first-order valence-corrected chi connectivity index (χ1v) is 6.27. The van der Waals surface area contributed by atoms with Crippen molar-refractivity contribution < 1.29 is 14.3 Å². The van der Waals surface area contributed by atoms with Crippen molar-refractivity contribution in [2.45, 2.75) is 13.5 Å². The lowest BCUT2D eigenvalue weighted by molar-refractivity contribution is 0.0474. The Bertz CT molecular complexity index is 623. The van der Waals surface area contributed by atoms with Crippen LogP contribution in [0, 0.1) is 6.92 Å². The first-order chi connectivity index (χ1) is 9.61. The van der Waals surface area contributed by atoms with Gasteiger partial charge in [-0.15, -0.1) is 0 Å². The highest BCUT2D eigenvalue weighted by Crippen LogP contribution is 2.19. The molecule has 4 nitrogen and oxygen atoms in total. The number of carbonyl (C=O) groups excluding carboxylic acids is 1. The molecule has 4 heteroatoms. The van der Waals surface area contributed by atoms with Gasteiger partial charge in [0.1, 0.15) is 12.4 Å². The molecule has 0 aliphatic heterocycles. The number of carbonyl (C=O) groups is 1. The van der Waals surface area contributed by atoms with Crippen molar-refractivity contribution in [2.24, 2.45) is 0 Å². The van der Waals surface area contributed by atoms with Crippen LogP contribution in [-0.2, 0) is 11.3 Å². The van der Waals surface area contributed by atoms with E-state index in [2.05, 4.69) is 0 Å². The largest absolute Gasteiger partial charge is 0.496 e. The Morgan fingerprint density at radius 3 is 2.60 bits per heavy atom. The van der Waals surface area contributed by atoms with Gasteiger partial charge in [0.05, 0.1) is 12.7 Å². The minimum Gasteiger partial charge on any atom is -0.496 e. The molecule has 0 fully saturated rings. The van der Waals surface area contributed by atoms with Gasteiger partial charge in [0.25, 0.3) is 0 Å². The summed E-state index contributed by atoms with van der Waals surface area (Å²) in [5.74, 6) is 0.393. The van der Waals surface area contributed by atoms with Crippen molar-refractivity contribution in [3.63, 3.8) is 0 Å². The number of esters is 1. The quantitative estimate of drug-likeness (QED) is 0.686. The maximum atomic E-state index is 11.9. The third-order valence-electron chi connectivity index (χ3n) is 3.01. The topological polar surface area (TPSA) is 61.5 Å². The SMILES string of the molecule is COc1ccc(COC(=O)c2ccccc2N)cc1C. The van der Waals surface area contributed by atoms with Crippen molar-refractivity contribution in [3.05, 3.63) is 59.2 Å². The molecule has 0 aromatic heterocycles. The first kappa shape index (κ1) is 13.9. The first-order valence-electron chi connectivity index (χ1n) is 6.27. The zero-order valence-electron chi connectivity index (χ0n) is 11.6. The number of para-hydroxylation sites is 1. The van der Waals surface area contributed by atoms with Crippen LogP contribution in [0.5, 0.6) is 5.75 Å².